The zero-order valence-corrected chi connectivity index (χ0v) is 14.1. The van der Waals surface area contributed by atoms with Gasteiger partial charge in [-0.25, -0.2) is 0 Å². The van der Waals surface area contributed by atoms with E-state index in [1.165, 1.54) is 6.20 Å². The number of benzene rings is 1. The second-order valence-electron chi connectivity index (χ2n) is 5.89. The van der Waals surface area contributed by atoms with Crippen LogP contribution in [-0.2, 0) is 17.5 Å². The molecule has 0 saturated carbocycles. The van der Waals surface area contributed by atoms with Crippen molar-refractivity contribution in [1.29, 1.82) is 0 Å². The maximum atomic E-state index is 12.5. The van der Waals surface area contributed by atoms with Crippen LogP contribution in [0.1, 0.15) is 36.3 Å². The number of carboxylic acid groups (broad SMARTS) is 1. The van der Waals surface area contributed by atoms with Gasteiger partial charge in [-0.3, -0.25) is 9.48 Å². The molecule has 3 rings (SSSR count). The summed E-state index contributed by atoms with van der Waals surface area (Å²) >= 11 is 0. The molecule has 142 valence electrons. The molecule has 27 heavy (non-hydrogen) atoms. The SMILES string of the molecule is CCC(C(=O)O)c1cnn(Cc2ccc(-c3noc(C(F)(F)F)n3)cc2)c1. The molecule has 0 aliphatic rings. The van der Waals surface area contributed by atoms with Crippen LogP contribution in [-0.4, -0.2) is 31.0 Å². The predicted molar refractivity (Wildman–Crippen MR) is 86.7 cm³/mol. The molecule has 2 aromatic heterocycles. The number of hydrogen-bond acceptors (Lipinski definition) is 5. The van der Waals surface area contributed by atoms with Crippen molar-refractivity contribution in [2.24, 2.45) is 0 Å². The van der Waals surface area contributed by atoms with Crippen LogP contribution in [0.5, 0.6) is 0 Å². The van der Waals surface area contributed by atoms with Crippen LogP contribution in [0.4, 0.5) is 13.2 Å². The minimum Gasteiger partial charge on any atom is -0.481 e. The average molecular weight is 380 g/mol. The molecular formula is C17H15F3N4O3. The van der Waals surface area contributed by atoms with Gasteiger partial charge in [0.25, 0.3) is 0 Å². The summed E-state index contributed by atoms with van der Waals surface area (Å²) in [6, 6.07) is 6.57. The van der Waals surface area contributed by atoms with Gasteiger partial charge >= 0.3 is 18.0 Å². The number of carbonyl (C=O) groups is 1. The molecule has 0 radical (unpaired) electrons. The molecule has 2 heterocycles. The van der Waals surface area contributed by atoms with Crippen molar-refractivity contribution in [1.82, 2.24) is 19.9 Å². The lowest BCUT2D eigenvalue weighted by Gasteiger charge is -2.06. The zero-order valence-electron chi connectivity index (χ0n) is 14.1. The van der Waals surface area contributed by atoms with Crippen LogP contribution < -0.4 is 0 Å². The first-order valence-corrected chi connectivity index (χ1v) is 8.03. The third-order valence-electron chi connectivity index (χ3n) is 3.99. The van der Waals surface area contributed by atoms with Crippen molar-refractivity contribution in [3.63, 3.8) is 0 Å². The smallest absolute Gasteiger partial charge is 0.471 e. The fourth-order valence-corrected chi connectivity index (χ4v) is 2.60. The Bertz CT molecular complexity index is 932. The highest BCUT2D eigenvalue weighted by molar-refractivity contribution is 5.75. The van der Waals surface area contributed by atoms with E-state index in [2.05, 4.69) is 19.8 Å². The van der Waals surface area contributed by atoms with Gasteiger partial charge in [0.2, 0.25) is 5.82 Å². The first kappa shape index (κ1) is 18.6. The number of rotatable bonds is 6. The topological polar surface area (TPSA) is 94.0 Å². The lowest BCUT2D eigenvalue weighted by atomic mass is 10.0. The first-order chi connectivity index (χ1) is 12.8. The lowest BCUT2D eigenvalue weighted by Crippen LogP contribution is -2.09. The van der Waals surface area contributed by atoms with E-state index in [0.29, 0.717) is 24.1 Å². The van der Waals surface area contributed by atoms with E-state index in [1.807, 2.05) is 0 Å². The summed E-state index contributed by atoms with van der Waals surface area (Å²) < 4.78 is 43.4. The minimum atomic E-state index is -4.69. The summed E-state index contributed by atoms with van der Waals surface area (Å²) in [7, 11) is 0. The Labute approximate surface area is 151 Å². The minimum absolute atomic E-state index is 0.150. The van der Waals surface area contributed by atoms with Gasteiger partial charge in [-0.2, -0.15) is 23.3 Å². The van der Waals surface area contributed by atoms with Crippen molar-refractivity contribution in [3.05, 3.63) is 53.7 Å². The highest BCUT2D eigenvalue weighted by Crippen LogP contribution is 2.29. The van der Waals surface area contributed by atoms with Crippen LogP contribution in [0.25, 0.3) is 11.4 Å². The molecular weight excluding hydrogens is 365 g/mol. The highest BCUT2D eigenvalue weighted by Gasteiger charge is 2.38. The first-order valence-electron chi connectivity index (χ1n) is 8.03. The predicted octanol–water partition coefficient (Wildman–Crippen LogP) is 3.58. The van der Waals surface area contributed by atoms with E-state index in [9.17, 15) is 23.1 Å². The van der Waals surface area contributed by atoms with Crippen molar-refractivity contribution in [2.75, 3.05) is 0 Å². The summed E-state index contributed by atoms with van der Waals surface area (Å²) in [4.78, 5) is 14.5. The summed E-state index contributed by atoms with van der Waals surface area (Å²) in [6.45, 7) is 2.17. The summed E-state index contributed by atoms with van der Waals surface area (Å²) in [5.41, 5.74) is 1.83. The van der Waals surface area contributed by atoms with Crippen molar-refractivity contribution in [2.45, 2.75) is 32.0 Å². The number of aromatic nitrogens is 4. The van der Waals surface area contributed by atoms with Crippen LogP contribution in [0.3, 0.4) is 0 Å². The molecule has 0 amide bonds. The molecule has 1 unspecified atom stereocenters. The van der Waals surface area contributed by atoms with Gasteiger partial charge in [0.15, 0.2) is 0 Å². The van der Waals surface area contributed by atoms with Crippen LogP contribution in [0.2, 0.25) is 0 Å². The molecule has 0 aliphatic heterocycles. The fraction of sp³-hybridized carbons (Fsp3) is 0.294. The Kier molecular flexibility index (Phi) is 4.98. The monoisotopic (exact) mass is 380 g/mol. The van der Waals surface area contributed by atoms with Gasteiger partial charge in [-0.1, -0.05) is 36.3 Å². The second-order valence-corrected chi connectivity index (χ2v) is 5.89. The fourth-order valence-electron chi connectivity index (χ4n) is 2.60. The summed E-state index contributed by atoms with van der Waals surface area (Å²) in [5, 5.41) is 16.7. The Morgan fingerprint density at radius 1 is 1.30 bits per heavy atom. The highest BCUT2D eigenvalue weighted by atomic mass is 19.4. The van der Waals surface area contributed by atoms with Crippen LogP contribution >= 0.6 is 0 Å². The number of carboxylic acids is 1. The van der Waals surface area contributed by atoms with E-state index < -0.39 is 24.0 Å². The van der Waals surface area contributed by atoms with Gasteiger partial charge in [0, 0.05) is 17.3 Å². The number of nitrogens with zero attached hydrogens (tertiary/aromatic N) is 4. The Hall–Kier alpha value is -3.17. The normalized spacial score (nSPS) is 12.9. The molecule has 3 aromatic rings. The van der Waals surface area contributed by atoms with Crippen molar-refractivity contribution >= 4 is 5.97 Å². The van der Waals surface area contributed by atoms with E-state index in [0.717, 1.165) is 5.56 Å². The molecule has 0 spiro atoms. The standard InChI is InChI=1S/C17H15F3N4O3/c1-2-13(15(25)26)12-7-21-24(9-12)8-10-3-5-11(6-4-10)14-22-16(27-23-14)17(18,19)20/h3-7,9,13H,2,8H2,1H3,(H,25,26). The average Bonchev–Trinajstić information content (AvgIpc) is 3.25. The quantitative estimate of drug-likeness (QED) is 0.703. The molecule has 10 heteroatoms. The van der Waals surface area contributed by atoms with Gasteiger partial charge in [0.1, 0.15) is 0 Å². The van der Waals surface area contributed by atoms with Crippen molar-refractivity contribution in [3.8, 4) is 11.4 Å². The van der Waals surface area contributed by atoms with Crippen molar-refractivity contribution < 1.29 is 27.6 Å². The third-order valence-corrected chi connectivity index (χ3v) is 3.99. The van der Waals surface area contributed by atoms with Gasteiger partial charge in [-0.15, -0.1) is 0 Å². The largest absolute Gasteiger partial charge is 0.481 e. The number of alkyl halides is 3. The Morgan fingerprint density at radius 2 is 2.00 bits per heavy atom. The maximum Gasteiger partial charge on any atom is 0.471 e. The van der Waals surface area contributed by atoms with E-state index in [-0.39, 0.29) is 5.82 Å². The molecule has 0 saturated heterocycles. The number of aliphatic carboxylic acids is 1. The van der Waals surface area contributed by atoms with Gasteiger partial charge < -0.3 is 9.63 Å². The molecule has 0 bridgehead atoms. The zero-order chi connectivity index (χ0) is 19.6. The Morgan fingerprint density at radius 3 is 2.56 bits per heavy atom. The van der Waals surface area contributed by atoms with E-state index >= 15 is 0 Å². The molecule has 1 atom stereocenters. The third kappa shape index (κ3) is 4.15. The molecule has 0 fully saturated rings. The van der Waals surface area contributed by atoms with E-state index in [4.69, 9.17) is 0 Å². The number of halogens is 3. The van der Waals surface area contributed by atoms with E-state index in [1.54, 1.807) is 42.1 Å². The van der Waals surface area contributed by atoms with Gasteiger partial charge in [0.05, 0.1) is 18.7 Å². The summed E-state index contributed by atoms with van der Waals surface area (Å²) in [5.74, 6) is -3.06. The Balaban J connectivity index is 1.72. The maximum absolute atomic E-state index is 12.5. The van der Waals surface area contributed by atoms with Crippen LogP contribution in [0, 0.1) is 0 Å². The van der Waals surface area contributed by atoms with Crippen LogP contribution in [0.15, 0.2) is 41.2 Å². The summed E-state index contributed by atoms with van der Waals surface area (Å²) in [6.07, 6.45) is -1.03. The molecule has 1 aromatic carbocycles. The molecule has 7 nitrogen and oxygen atoms in total. The molecule has 1 N–H and O–H groups in total. The number of hydrogen-bond donors (Lipinski definition) is 1. The molecule has 0 aliphatic carbocycles. The second kappa shape index (κ2) is 7.22. The van der Waals surface area contributed by atoms with Gasteiger partial charge in [-0.05, 0) is 12.0 Å². The lowest BCUT2D eigenvalue weighted by molar-refractivity contribution is -0.159.